The van der Waals surface area contributed by atoms with E-state index in [4.69, 9.17) is 5.14 Å². The van der Waals surface area contributed by atoms with E-state index in [9.17, 15) is 8.42 Å². The largest absolute Gasteiger partial charge is 0.355 e. The van der Waals surface area contributed by atoms with Gasteiger partial charge < -0.3 is 4.90 Å². The summed E-state index contributed by atoms with van der Waals surface area (Å²) in [5, 5.41) is 4.69. The van der Waals surface area contributed by atoms with Gasteiger partial charge in [0.05, 0.1) is 5.25 Å². The van der Waals surface area contributed by atoms with E-state index in [-0.39, 0.29) is 5.41 Å². The lowest BCUT2D eigenvalue weighted by Crippen LogP contribution is -2.32. The molecule has 2 rings (SSSR count). The molecule has 0 bridgehead atoms. The predicted molar refractivity (Wildman–Crippen MR) is 74.5 cm³/mol. The number of primary sulfonamides is 1. The Labute approximate surface area is 114 Å². The van der Waals surface area contributed by atoms with Crippen molar-refractivity contribution in [1.82, 2.24) is 9.97 Å². The fraction of sp³-hybridized carbons (Fsp3) is 0.667. The lowest BCUT2D eigenvalue weighted by molar-refractivity contribution is 0.544. The maximum atomic E-state index is 11.4. The molecular weight excluding hydrogens is 264 g/mol. The Morgan fingerprint density at radius 3 is 2.63 bits per heavy atom. The smallest absolute Gasteiger partial charge is 0.213 e. The van der Waals surface area contributed by atoms with E-state index in [0.717, 1.165) is 11.6 Å². The molecule has 1 aliphatic heterocycles. The normalized spacial score (nSPS) is 20.8. The second-order valence-corrected chi connectivity index (χ2v) is 7.78. The fourth-order valence-corrected chi connectivity index (χ4v) is 2.91. The minimum Gasteiger partial charge on any atom is -0.355 e. The van der Waals surface area contributed by atoms with Gasteiger partial charge in [-0.05, 0) is 12.5 Å². The molecule has 1 atom stereocenters. The van der Waals surface area contributed by atoms with Crippen molar-refractivity contribution in [3.63, 3.8) is 0 Å². The Bertz CT molecular complexity index is 565. The summed E-state index contributed by atoms with van der Waals surface area (Å²) in [6, 6.07) is 1.81. The maximum Gasteiger partial charge on any atom is 0.213 e. The molecule has 0 spiro atoms. The second kappa shape index (κ2) is 4.72. The van der Waals surface area contributed by atoms with Crippen LogP contribution in [0.5, 0.6) is 0 Å². The number of nitrogens with two attached hydrogens (primary N) is 1. The van der Waals surface area contributed by atoms with Crippen LogP contribution < -0.4 is 10.0 Å². The van der Waals surface area contributed by atoms with E-state index in [0.29, 0.717) is 19.5 Å². The van der Waals surface area contributed by atoms with E-state index >= 15 is 0 Å². The Morgan fingerprint density at radius 2 is 2.11 bits per heavy atom. The van der Waals surface area contributed by atoms with Gasteiger partial charge in [-0.3, -0.25) is 0 Å². The topological polar surface area (TPSA) is 89.2 Å². The van der Waals surface area contributed by atoms with Crippen LogP contribution in [-0.2, 0) is 15.4 Å². The zero-order valence-electron chi connectivity index (χ0n) is 11.5. The first-order valence-electron chi connectivity index (χ1n) is 6.28. The minimum atomic E-state index is -3.47. The highest BCUT2D eigenvalue weighted by Crippen LogP contribution is 2.24. The van der Waals surface area contributed by atoms with Crippen LogP contribution in [0.4, 0.5) is 5.82 Å². The molecule has 1 unspecified atom stereocenters. The van der Waals surface area contributed by atoms with Gasteiger partial charge in [-0.15, -0.1) is 0 Å². The molecule has 0 saturated carbocycles. The Kier molecular flexibility index (Phi) is 3.53. The second-order valence-electron chi connectivity index (χ2n) is 5.93. The molecular formula is C12H20N4O2S. The number of rotatable bonds is 2. The first-order chi connectivity index (χ1) is 8.68. The summed E-state index contributed by atoms with van der Waals surface area (Å²) < 4.78 is 22.7. The van der Waals surface area contributed by atoms with Crippen LogP contribution in [0.15, 0.2) is 12.3 Å². The highest BCUT2D eigenvalue weighted by molar-refractivity contribution is 7.89. The molecule has 1 fully saturated rings. The van der Waals surface area contributed by atoms with Gasteiger partial charge >= 0.3 is 0 Å². The van der Waals surface area contributed by atoms with Crippen molar-refractivity contribution in [3.8, 4) is 0 Å². The summed E-state index contributed by atoms with van der Waals surface area (Å²) in [6.07, 6.45) is 2.26. The lowest BCUT2D eigenvalue weighted by atomic mass is 9.96. The van der Waals surface area contributed by atoms with Gasteiger partial charge in [0.25, 0.3) is 0 Å². The third-order valence-corrected chi connectivity index (χ3v) is 4.56. The first kappa shape index (κ1) is 14.2. The van der Waals surface area contributed by atoms with Crippen LogP contribution >= 0.6 is 0 Å². The van der Waals surface area contributed by atoms with Crippen LogP contribution in [0.1, 0.15) is 33.0 Å². The van der Waals surface area contributed by atoms with Gasteiger partial charge in [0.1, 0.15) is 11.6 Å². The molecule has 1 aromatic rings. The summed E-state index contributed by atoms with van der Waals surface area (Å²) >= 11 is 0. The molecule has 19 heavy (non-hydrogen) atoms. The van der Waals surface area contributed by atoms with Gasteiger partial charge in [0.2, 0.25) is 10.0 Å². The quantitative estimate of drug-likeness (QED) is 0.861. The minimum absolute atomic E-state index is 0.130. The molecule has 7 heteroatoms. The third-order valence-electron chi connectivity index (χ3n) is 3.25. The maximum absolute atomic E-state index is 11.4. The molecule has 0 aliphatic carbocycles. The molecule has 2 heterocycles. The van der Waals surface area contributed by atoms with Crippen molar-refractivity contribution in [2.75, 3.05) is 18.0 Å². The highest BCUT2D eigenvalue weighted by Gasteiger charge is 2.31. The van der Waals surface area contributed by atoms with E-state index in [1.165, 1.54) is 0 Å². The predicted octanol–water partition coefficient (Wildman–Crippen LogP) is 0.641. The third kappa shape index (κ3) is 3.22. The van der Waals surface area contributed by atoms with Crippen LogP contribution in [0, 0.1) is 0 Å². The monoisotopic (exact) mass is 284 g/mol. The SMILES string of the molecule is CC(C)(C)c1nccc(N2CCC(S(N)(=O)=O)C2)n1. The fourth-order valence-electron chi connectivity index (χ4n) is 2.09. The summed E-state index contributed by atoms with van der Waals surface area (Å²) in [7, 11) is -3.47. The van der Waals surface area contributed by atoms with Crippen molar-refractivity contribution in [2.24, 2.45) is 5.14 Å². The highest BCUT2D eigenvalue weighted by atomic mass is 32.2. The molecule has 0 amide bonds. The summed E-state index contributed by atoms with van der Waals surface area (Å²) in [4.78, 5) is 10.7. The molecule has 1 aromatic heterocycles. The molecule has 106 valence electrons. The van der Waals surface area contributed by atoms with Crippen molar-refractivity contribution in [2.45, 2.75) is 37.9 Å². The molecule has 1 saturated heterocycles. The number of hydrogen-bond acceptors (Lipinski definition) is 5. The van der Waals surface area contributed by atoms with Gasteiger partial charge in [-0.1, -0.05) is 20.8 Å². The Hall–Kier alpha value is -1.21. The van der Waals surface area contributed by atoms with Gasteiger partial charge in [-0.25, -0.2) is 23.5 Å². The number of sulfonamides is 1. The van der Waals surface area contributed by atoms with Crippen molar-refractivity contribution in [3.05, 3.63) is 18.1 Å². The lowest BCUT2D eigenvalue weighted by Gasteiger charge is -2.21. The number of aromatic nitrogens is 2. The molecule has 6 nitrogen and oxygen atoms in total. The molecule has 2 N–H and O–H groups in total. The van der Waals surface area contributed by atoms with E-state index in [2.05, 4.69) is 9.97 Å². The van der Waals surface area contributed by atoms with E-state index in [1.807, 2.05) is 25.7 Å². The molecule has 1 aliphatic rings. The average molecular weight is 284 g/mol. The van der Waals surface area contributed by atoms with E-state index in [1.54, 1.807) is 12.3 Å². The zero-order chi connectivity index (χ0) is 14.3. The standard InChI is InChI=1S/C12H20N4O2S/c1-12(2,3)11-14-6-4-10(15-11)16-7-5-9(8-16)19(13,17)18/h4,6,9H,5,7-8H2,1-3H3,(H2,13,17,18). The number of anilines is 1. The van der Waals surface area contributed by atoms with Gasteiger partial charge in [0, 0.05) is 24.7 Å². The van der Waals surface area contributed by atoms with Crippen molar-refractivity contribution < 1.29 is 8.42 Å². The Morgan fingerprint density at radius 1 is 1.42 bits per heavy atom. The first-order valence-corrected chi connectivity index (χ1v) is 7.89. The van der Waals surface area contributed by atoms with Crippen LogP contribution in [0.2, 0.25) is 0 Å². The van der Waals surface area contributed by atoms with Crippen molar-refractivity contribution in [1.29, 1.82) is 0 Å². The van der Waals surface area contributed by atoms with Crippen LogP contribution in [-0.4, -0.2) is 36.7 Å². The molecule has 0 aromatic carbocycles. The van der Waals surface area contributed by atoms with Gasteiger partial charge in [-0.2, -0.15) is 0 Å². The number of nitrogens with zero attached hydrogens (tertiary/aromatic N) is 3. The van der Waals surface area contributed by atoms with Crippen molar-refractivity contribution >= 4 is 15.8 Å². The van der Waals surface area contributed by atoms with E-state index < -0.39 is 15.3 Å². The van der Waals surface area contributed by atoms with Gasteiger partial charge in [0.15, 0.2) is 0 Å². The zero-order valence-corrected chi connectivity index (χ0v) is 12.3. The summed E-state index contributed by atoms with van der Waals surface area (Å²) in [5.41, 5.74) is -0.130. The Balaban J connectivity index is 2.21. The van der Waals surface area contributed by atoms with Crippen LogP contribution in [0.25, 0.3) is 0 Å². The summed E-state index contributed by atoms with van der Waals surface area (Å²) in [5.74, 6) is 1.52. The van der Waals surface area contributed by atoms with Crippen LogP contribution in [0.3, 0.4) is 0 Å². The summed E-state index contributed by atoms with van der Waals surface area (Å²) in [6.45, 7) is 7.19. The average Bonchev–Trinajstić information content (AvgIpc) is 2.77. The molecule has 0 radical (unpaired) electrons. The number of hydrogen-bond donors (Lipinski definition) is 1.